The zero-order valence-corrected chi connectivity index (χ0v) is 18.4. The number of nitrogens with zero attached hydrogens (tertiary/aromatic N) is 5. The lowest BCUT2D eigenvalue weighted by molar-refractivity contribution is 0.380. The number of thiazole rings is 1. The second kappa shape index (κ2) is 9.96. The van der Waals surface area contributed by atoms with Gasteiger partial charge in [0.2, 0.25) is 0 Å². The second-order valence-corrected chi connectivity index (χ2v) is 7.16. The number of hydrogen-bond donors (Lipinski definition) is 1. The standard InChI is InChI=1S/C18H26N6S.HI/c1-15(22(2)16-6-4-3-5-7-16)14-21-17(19)23-9-11-24(12-10-23)18-20-8-13-25-18;/h3-8,13,15H,9-12,14H2,1-2H3,(H2,19,21);1H. The van der Waals surface area contributed by atoms with Crippen molar-refractivity contribution in [3.05, 3.63) is 41.9 Å². The largest absolute Gasteiger partial charge is 0.370 e. The molecule has 0 bridgehead atoms. The minimum atomic E-state index is 0. The predicted molar refractivity (Wildman–Crippen MR) is 122 cm³/mol. The molecule has 1 aromatic carbocycles. The van der Waals surface area contributed by atoms with Crippen LogP contribution in [-0.2, 0) is 0 Å². The average molecular weight is 486 g/mol. The second-order valence-electron chi connectivity index (χ2n) is 6.28. The molecule has 2 aromatic rings. The molecule has 1 fully saturated rings. The van der Waals surface area contributed by atoms with Gasteiger partial charge in [-0.15, -0.1) is 35.3 Å². The molecular formula is C18H27IN6S. The summed E-state index contributed by atoms with van der Waals surface area (Å²) < 4.78 is 0. The van der Waals surface area contributed by atoms with E-state index in [1.54, 1.807) is 11.3 Å². The van der Waals surface area contributed by atoms with Crippen molar-refractivity contribution in [3.63, 3.8) is 0 Å². The Balaban J connectivity index is 0.00000243. The molecule has 0 aliphatic carbocycles. The van der Waals surface area contributed by atoms with Crippen molar-refractivity contribution >= 4 is 52.1 Å². The van der Waals surface area contributed by atoms with E-state index in [4.69, 9.17) is 5.73 Å². The number of aromatic nitrogens is 1. The molecule has 0 amide bonds. The van der Waals surface area contributed by atoms with Gasteiger partial charge in [0, 0.05) is 56.5 Å². The number of halogens is 1. The van der Waals surface area contributed by atoms with Gasteiger partial charge in [-0.3, -0.25) is 4.99 Å². The maximum Gasteiger partial charge on any atom is 0.191 e. The quantitative estimate of drug-likeness (QED) is 0.400. The van der Waals surface area contributed by atoms with Gasteiger partial charge in [-0.1, -0.05) is 18.2 Å². The molecule has 0 saturated carbocycles. The van der Waals surface area contributed by atoms with Crippen molar-refractivity contribution in [2.75, 3.05) is 49.6 Å². The first-order chi connectivity index (χ1) is 12.1. The van der Waals surface area contributed by atoms with Crippen LogP contribution < -0.4 is 15.5 Å². The third-order valence-electron chi connectivity index (χ3n) is 4.64. The van der Waals surface area contributed by atoms with Crippen LogP contribution in [-0.4, -0.2) is 61.7 Å². The van der Waals surface area contributed by atoms with Crippen LogP contribution in [0.15, 0.2) is 46.9 Å². The maximum atomic E-state index is 6.23. The van der Waals surface area contributed by atoms with Gasteiger partial charge in [0.1, 0.15) is 0 Å². The third-order valence-corrected chi connectivity index (χ3v) is 5.47. The van der Waals surface area contributed by atoms with Crippen LogP contribution in [0.5, 0.6) is 0 Å². The molecule has 8 heteroatoms. The van der Waals surface area contributed by atoms with E-state index < -0.39 is 0 Å². The Hall–Kier alpha value is -1.55. The number of likely N-dealkylation sites (N-methyl/N-ethyl adjacent to an activating group) is 1. The normalized spacial score (nSPS) is 16.2. The first-order valence-electron chi connectivity index (χ1n) is 8.62. The summed E-state index contributed by atoms with van der Waals surface area (Å²) in [5, 5.41) is 3.11. The third kappa shape index (κ3) is 5.23. The zero-order valence-electron chi connectivity index (χ0n) is 15.3. The fourth-order valence-corrected chi connectivity index (χ4v) is 3.56. The van der Waals surface area contributed by atoms with Gasteiger partial charge >= 0.3 is 0 Å². The number of hydrogen-bond acceptors (Lipinski definition) is 5. The number of guanidine groups is 1. The van der Waals surface area contributed by atoms with Crippen molar-refractivity contribution in [2.45, 2.75) is 13.0 Å². The van der Waals surface area contributed by atoms with Gasteiger partial charge < -0.3 is 20.4 Å². The summed E-state index contributed by atoms with van der Waals surface area (Å²) in [6.07, 6.45) is 1.85. The SMILES string of the molecule is CC(CN=C(N)N1CCN(c2nccs2)CC1)N(C)c1ccccc1.I. The highest BCUT2D eigenvalue weighted by Gasteiger charge is 2.20. The predicted octanol–water partition coefficient (Wildman–Crippen LogP) is 2.72. The van der Waals surface area contributed by atoms with Crippen molar-refractivity contribution in [1.29, 1.82) is 0 Å². The molecule has 1 aliphatic heterocycles. The first kappa shape index (κ1) is 20.8. The molecule has 0 spiro atoms. The lowest BCUT2D eigenvalue weighted by atomic mass is 10.2. The van der Waals surface area contributed by atoms with Crippen LogP contribution in [0.25, 0.3) is 0 Å². The number of rotatable bonds is 5. The summed E-state index contributed by atoms with van der Waals surface area (Å²) in [5.41, 5.74) is 7.42. The summed E-state index contributed by atoms with van der Waals surface area (Å²) in [6.45, 7) is 6.50. The molecular weight excluding hydrogens is 459 g/mol. The van der Waals surface area contributed by atoms with E-state index in [0.29, 0.717) is 12.5 Å². The van der Waals surface area contributed by atoms with Crippen molar-refractivity contribution in [1.82, 2.24) is 9.88 Å². The van der Waals surface area contributed by atoms with Crippen LogP contribution in [0, 0.1) is 0 Å². The highest BCUT2D eigenvalue weighted by molar-refractivity contribution is 14.0. The lowest BCUT2D eigenvalue weighted by Crippen LogP contribution is -2.51. The van der Waals surface area contributed by atoms with Gasteiger partial charge in [-0.05, 0) is 19.1 Å². The number of benzene rings is 1. The fraction of sp³-hybridized carbons (Fsp3) is 0.444. The number of piperazine rings is 1. The van der Waals surface area contributed by atoms with Crippen molar-refractivity contribution in [2.24, 2.45) is 10.7 Å². The Morgan fingerprint density at radius 2 is 1.96 bits per heavy atom. The monoisotopic (exact) mass is 486 g/mol. The van der Waals surface area contributed by atoms with Gasteiger partial charge in [-0.2, -0.15) is 0 Å². The summed E-state index contributed by atoms with van der Waals surface area (Å²) in [4.78, 5) is 15.7. The van der Waals surface area contributed by atoms with Crippen LogP contribution in [0.2, 0.25) is 0 Å². The highest BCUT2D eigenvalue weighted by atomic mass is 127. The molecule has 1 aliphatic rings. The Kier molecular flexibility index (Phi) is 7.95. The van der Waals surface area contributed by atoms with E-state index in [0.717, 1.165) is 31.3 Å². The Morgan fingerprint density at radius 1 is 1.27 bits per heavy atom. The van der Waals surface area contributed by atoms with E-state index in [2.05, 4.69) is 62.9 Å². The number of nitrogens with two attached hydrogens (primary N) is 1. The summed E-state index contributed by atoms with van der Waals surface area (Å²) in [5.74, 6) is 0.645. The Bertz CT molecular complexity index is 670. The molecule has 2 N–H and O–H groups in total. The molecule has 3 rings (SSSR count). The molecule has 1 aromatic heterocycles. The summed E-state index contributed by atoms with van der Waals surface area (Å²) in [6, 6.07) is 10.7. The molecule has 0 radical (unpaired) electrons. The molecule has 6 nitrogen and oxygen atoms in total. The molecule has 142 valence electrons. The van der Waals surface area contributed by atoms with E-state index in [1.807, 2.05) is 17.6 Å². The average Bonchev–Trinajstić information content (AvgIpc) is 3.21. The van der Waals surface area contributed by atoms with Crippen LogP contribution in [0.4, 0.5) is 10.8 Å². The maximum absolute atomic E-state index is 6.23. The number of aliphatic imine (C=N–C) groups is 1. The lowest BCUT2D eigenvalue weighted by Gasteiger charge is -2.35. The minimum Gasteiger partial charge on any atom is -0.370 e. The van der Waals surface area contributed by atoms with Crippen molar-refractivity contribution in [3.8, 4) is 0 Å². The topological polar surface area (TPSA) is 61.0 Å². The zero-order chi connectivity index (χ0) is 17.6. The Morgan fingerprint density at radius 3 is 2.58 bits per heavy atom. The summed E-state index contributed by atoms with van der Waals surface area (Å²) >= 11 is 1.68. The van der Waals surface area contributed by atoms with E-state index >= 15 is 0 Å². The molecule has 1 unspecified atom stereocenters. The van der Waals surface area contributed by atoms with Crippen LogP contribution >= 0.6 is 35.3 Å². The summed E-state index contributed by atoms with van der Waals surface area (Å²) in [7, 11) is 2.10. The van der Waals surface area contributed by atoms with Crippen LogP contribution in [0.1, 0.15) is 6.92 Å². The number of anilines is 2. The first-order valence-corrected chi connectivity index (χ1v) is 9.50. The fourth-order valence-electron chi connectivity index (χ4n) is 2.86. The highest BCUT2D eigenvalue weighted by Crippen LogP contribution is 2.19. The van der Waals surface area contributed by atoms with Gasteiger partial charge in [-0.25, -0.2) is 4.98 Å². The molecule has 1 atom stereocenters. The van der Waals surface area contributed by atoms with E-state index in [9.17, 15) is 0 Å². The van der Waals surface area contributed by atoms with Crippen LogP contribution in [0.3, 0.4) is 0 Å². The Labute approximate surface area is 176 Å². The van der Waals surface area contributed by atoms with Crippen molar-refractivity contribution < 1.29 is 0 Å². The van der Waals surface area contributed by atoms with E-state index in [-0.39, 0.29) is 30.0 Å². The molecule has 2 heterocycles. The molecule has 1 saturated heterocycles. The van der Waals surface area contributed by atoms with E-state index in [1.165, 1.54) is 5.69 Å². The molecule has 26 heavy (non-hydrogen) atoms. The smallest absolute Gasteiger partial charge is 0.191 e. The van der Waals surface area contributed by atoms with Gasteiger partial charge in [0.05, 0.1) is 6.54 Å². The van der Waals surface area contributed by atoms with Gasteiger partial charge in [0.15, 0.2) is 11.1 Å². The number of para-hydroxylation sites is 1. The minimum absolute atomic E-state index is 0. The van der Waals surface area contributed by atoms with Gasteiger partial charge in [0.25, 0.3) is 0 Å².